The first kappa shape index (κ1) is 13.5. The van der Waals surface area contributed by atoms with Gasteiger partial charge in [-0.25, -0.2) is 4.39 Å². The molecule has 0 fully saturated rings. The van der Waals surface area contributed by atoms with Crippen LogP contribution in [0.4, 0.5) is 4.39 Å². The Morgan fingerprint density at radius 1 is 1.17 bits per heavy atom. The molecule has 2 aromatic carbocycles. The minimum atomic E-state index is -0.593. The van der Waals surface area contributed by atoms with Crippen LogP contribution < -0.4 is 0 Å². The van der Waals surface area contributed by atoms with Crippen LogP contribution in [-0.2, 0) is 6.42 Å². The predicted octanol–water partition coefficient (Wildman–Crippen LogP) is 4.01. The monoisotopic (exact) mass is 356 g/mol. The topological polar surface area (TPSA) is 20.2 Å². The minimum Gasteiger partial charge on any atom is -0.388 e. The Morgan fingerprint density at radius 2 is 1.83 bits per heavy atom. The maximum Gasteiger partial charge on any atom is 0.126 e. The summed E-state index contributed by atoms with van der Waals surface area (Å²) < 4.78 is 14.3. The first-order valence-electron chi connectivity index (χ1n) is 5.75. The van der Waals surface area contributed by atoms with E-state index in [1.165, 1.54) is 9.64 Å². The molecule has 0 radical (unpaired) electrons. The summed E-state index contributed by atoms with van der Waals surface area (Å²) in [5.41, 5.74) is 2.39. The Labute approximate surface area is 120 Å². The molecule has 2 aromatic rings. The van der Waals surface area contributed by atoms with Crippen LogP contribution in [0, 0.1) is 16.3 Å². The zero-order valence-corrected chi connectivity index (χ0v) is 12.2. The van der Waals surface area contributed by atoms with E-state index in [1.54, 1.807) is 19.1 Å². The number of aryl methyl sites for hydroxylation is 1. The van der Waals surface area contributed by atoms with E-state index in [0.717, 1.165) is 11.1 Å². The van der Waals surface area contributed by atoms with Crippen molar-refractivity contribution in [3.8, 4) is 0 Å². The summed E-state index contributed by atoms with van der Waals surface area (Å²) in [6.45, 7) is 1.70. The van der Waals surface area contributed by atoms with E-state index in [-0.39, 0.29) is 5.82 Å². The summed E-state index contributed by atoms with van der Waals surface area (Å²) in [5, 5.41) is 10.1. The van der Waals surface area contributed by atoms with Gasteiger partial charge < -0.3 is 5.11 Å². The van der Waals surface area contributed by atoms with Crippen LogP contribution in [0.3, 0.4) is 0 Å². The summed E-state index contributed by atoms with van der Waals surface area (Å²) >= 11 is 2.25. The lowest BCUT2D eigenvalue weighted by molar-refractivity contribution is 0.178. The summed E-state index contributed by atoms with van der Waals surface area (Å²) in [5.74, 6) is -0.236. The van der Waals surface area contributed by atoms with E-state index in [9.17, 15) is 9.50 Å². The van der Waals surface area contributed by atoms with Crippen molar-refractivity contribution >= 4 is 22.6 Å². The SMILES string of the molecule is Cc1cc(C(O)Cc2ccc(I)cc2)ccc1F. The number of hydrogen-bond acceptors (Lipinski definition) is 1. The maximum absolute atomic E-state index is 13.2. The highest BCUT2D eigenvalue weighted by Gasteiger charge is 2.10. The molecule has 0 aliphatic heterocycles. The molecule has 1 N–H and O–H groups in total. The van der Waals surface area contributed by atoms with Crippen molar-refractivity contribution in [2.45, 2.75) is 19.4 Å². The van der Waals surface area contributed by atoms with Crippen molar-refractivity contribution in [2.24, 2.45) is 0 Å². The Kier molecular flexibility index (Phi) is 4.35. The van der Waals surface area contributed by atoms with Crippen molar-refractivity contribution in [3.63, 3.8) is 0 Å². The Morgan fingerprint density at radius 3 is 2.44 bits per heavy atom. The highest BCUT2D eigenvalue weighted by atomic mass is 127. The van der Waals surface area contributed by atoms with Crippen LogP contribution in [0.5, 0.6) is 0 Å². The highest BCUT2D eigenvalue weighted by molar-refractivity contribution is 14.1. The molecule has 0 heterocycles. The number of rotatable bonds is 3. The summed E-state index contributed by atoms with van der Waals surface area (Å²) in [4.78, 5) is 0. The first-order valence-corrected chi connectivity index (χ1v) is 6.82. The molecule has 0 aliphatic rings. The lowest BCUT2D eigenvalue weighted by atomic mass is 10.00. The van der Waals surface area contributed by atoms with Crippen LogP contribution >= 0.6 is 22.6 Å². The fourth-order valence-corrected chi connectivity index (χ4v) is 2.20. The van der Waals surface area contributed by atoms with Gasteiger partial charge in [0.15, 0.2) is 0 Å². The van der Waals surface area contributed by atoms with Crippen molar-refractivity contribution in [2.75, 3.05) is 0 Å². The molecule has 0 saturated carbocycles. The summed E-state index contributed by atoms with van der Waals surface area (Å²) in [6.07, 6.45) is -0.0495. The molecule has 3 heteroatoms. The Hall–Kier alpha value is -0.940. The van der Waals surface area contributed by atoms with E-state index in [0.29, 0.717) is 12.0 Å². The van der Waals surface area contributed by atoms with Crippen LogP contribution in [0.15, 0.2) is 42.5 Å². The predicted molar refractivity (Wildman–Crippen MR) is 79.0 cm³/mol. The standard InChI is InChI=1S/C15H14FIO/c1-10-8-12(4-7-14(10)16)15(18)9-11-2-5-13(17)6-3-11/h2-8,15,18H,9H2,1H3. The van der Waals surface area contributed by atoms with Gasteiger partial charge in [-0.3, -0.25) is 0 Å². The van der Waals surface area contributed by atoms with Gasteiger partial charge >= 0.3 is 0 Å². The van der Waals surface area contributed by atoms with Gasteiger partial charge in [-0.2, -0.15) is 0 Å². The quantitative estimate of drug-likeness (QED) is 0.824. The smallest absolute Gasteiger partial charge is 0.126 e. The maximum atomic E-state index is 13.2. The summed E-state index contributed by atoms with van der Waals surface area (Å²) in [6, 6.07) is 12.8. The zero-order valence-electron chi connectivity index (χ0n) is 10.0. The van der Waals surface area contributed by atoms with Gasteiger partial charge in [-0.05, 0) is 64.4 Å². The van der Waals surface area contributed by atoms with Crippen molar-refractivity contribution in [3.05, 3.63) is 68.5 Å². The van der Waals surface area contributed by atoms with Crippen molar-refractivity contribution in [1.29, 1.82) is 0 Å². The van der Waals surface area contributed by atoms with E-state index in [4.69, 9.17) is 0 Å². The minimum absolute atomic E-state index is 0.236. The molecule has 0 saturated heterocycles. The summed E-state index contributed by atoms with van der Waals surface area (Å²) in [7, 11) is 0. The molecule has 1 atom stereocenters. The molecule has 2 rings (SSSR count). The highest BCUT2D eigenvalue weighted by Crippen LogP contribution is 2.21. The van der Waals surface area contributed by atoms with Gasteiger partial charge in [-0.15, -0.1) is 0 Å². The van der Waals surface area contributed by atoms with Crippen molar-refractivity contribution < 1.29 is 9.50 Å². The van der Waals surface area contributed by atoms with Crippen LogP contribution in [0.2, 0.25) is 0 Å². The van der Waals surface area contributed by atoms with Gasteiger partial charge in [0, 0.05) is 9.99 Å². The third kappa shape index (κ3) is 3.29. The second-order valence-corrected chi connectivity index (χ2v) is 5.60. The molecule has 0 aliphatic carbocycles. The molecule has 0 amide bonds. The second kappa shape index (κ2) is 5.80. The van der Waals surface area contributed by atoms with Gasteiger partial charge in [0.25, 0.3) is 0 Å². The van der Waals surface area contributed by atoms with E-state index in [1.807, 2.05) is 24.3 Å². The fourth-order valence-electron chi connectivity index (χ4n) is 1.84. The Balaban J connectivity index is 2.13. The van der Waals surface area contributed by atoms with Gasteiger partial charge in [0.2, 0.25) is 0 Å². The molecule has 94 valence electrons. The van der Waals surface area contributed by atoms with Gasteiger partial charge in [0.05, 0.1) is 6.10 Å². The molecule has 18 heavy (non-hydrogen) atoms. The third-order valence-electron chi connectivity index (χ3n) is 2.91. The van der Waals surface area contributed by atoms with Crippen LogP contribution in [-0.4, -0.2) is 5.11 Å². The molecular formula is C15H14FIO. The normalized spacial score (nSPS) is 12.4. The lowest BCUT2D eigenvalue weighted by Crippen LogP contribution is -2.02. The fraction of sp³-hybridized carbons (Fsp3) is 0.200. The van der Waals surface area contributed by atoms with Gasteiger partial charge in [0.1, 0.15) is 5.82 Å². The largest absolute Gasteiger partial charge is 0.388 e. The molecule has 0 aromatic heterocycles. The van der Waals surface area contributed by atoms with Crippen LogP contribution in [0.1, 0.15) is 22.8 Å². The average molecular weight is 356 g/mol. The first-order chi connectivity index (χ1) is 8.56. The molecule has 0 bridgehead atoms. The number of aliphatic hydroxyl groups is 1. The molecule has 1 unspecified atom stereocenters. The van der Waals surface area contributed by atoms with Crippen LogP contribution in [0.25, 0.3) is 0 Å². The number of hydrogen-bond donors (Lipinski definition) is 1. The second-order valence-electron chi connectivity index (χ2n) is 4.36. The Bertz CT molecular complexity index is 537. The number of aliphatic hydroxyl groups excluding tert-OH is 1. The van der Waals surface area contributed by atoms with E-state index >= 15 is 0 Å². The number of benzene rings is 2. The molecule has 1 nitrogen and oxygen atoms in total. The third-order valence-corrected chi connectivity index (χ3v) is 3.63. The van der Waals surface area contributed by atoms with E-state index < -0.39 is 6.10 Å². The van der Waals surface area contributed by atoms with E-state index in [2.05, 4.69) is 22.6 Å². The molecule has 0 spiro atoms. The number of halogens is 2. The zero-order chi connectivity index (χ0) is 13.1. The molecular weight excluding hydrogens is 342 g/mol. The average Bonchev–Trinajstić information content (AvgIpc) is 2.35. The van der Waals surface area contributed by atoms with Crippen molar-refractivity contribution in [1.82, 2.24) is 0 Å². The lowest BCUT2D eigenvalue weighted by Gasteiger charge is -2.12. The van der Waals surface area contributed by atoms with Gasteiger partial charge in [-0.1, -0.05) is 24.3 Å².